The van der Waals surface area contributed by atoms with Crippen LogP contribution in [0.1, 0.15) is 26.2 Å². The van der Waals surface area contributed by atoms with Crippen LogP contribution in [0.25, 0.3) is 0 Å². The average Bonchev–Trinajstić information content (AvgIpc) is 2.66. The molecule has 0 aromatic carbocycles. The molecule has 4 atom stereocenters. The Kier molecular flexibility index (Phi) is 1.48. The molecule has 1 saturated heterocycles. The highest BCUT2D eigenvalue weighted by molar-refractivity contribution is 7.82. The molecular weight excluding hydrogens is 198 g/mol. The topological polar surface area (TPSA) is 12.0 Å². The normalized spacial score (nSPS) is 52.5. The standard InChI is InChI=1S/C10H13NS2/c1-10-6-3-2-5(4-6)7(10)8(12)11-9(10)13/h5-7H,2-4H2,1H3,(H,11,12,13)/t5-,6+,7-,10-/m0/s1. The number of hydrogen-bond donors (Lipinski definition) is 1. The van der Waals surface area contributed by atoms with Gasteiger partial charge in [-0.15, -0.1) is 0 Å². The third-order valence-corrected chi connectivity index (χ3v) is 5.35. The average molecular weight is 211 g/mol. The van der Waals surface area contributed by atoms with Crippen molar-refractivity contribution >= 4 is 34.4 Å². The Labute approximate surface area is 89.3 Å². The molecule has 3 aliphatic rings. The largest absolute Gasteiger partial charge is 0.344 e. The predicted octanol–water partition coefficient (Wildman–Crippen LogP) is 2.30. The van der Waals surface area contributed by atoms with E-state index in [9.17, 15) is 0 Å². The molecule has 0 aromatic heterocycles. The zero-order valence-electron chi connectivity index (χ0n) is 7.67. The molecule has 3 fully saturated rings. The first kappa shape index (κ1) is 8.30. The lowest BCUT2D eigenvalue weighted by Crippen LogP contribution is -2.36. The van der Waals surface area contributed by atoms with E-state index in [-0.39, 0.29) is 5.41 Å². The molecule has 2 saturated carbocycles. The van der Waals surface area contributed by atoms with Gasteiger partial charge in [0.15, 0.2) is 0 Å². The van der Waals surface area contributed by atoms with Crippen molar-refractivity contribution in [2.45, 2.75) is 26.2 Å². The van der Waals surface area contributed by atoms with E-state index in [1.54, 1.807) is 0 Å². The van der Waals surface area contributed by atoms with Crippen molar-refractivity contribution in [3.8, 4) is 0 Å². The van der Waals surface area contributed by atoms with E-state index in [1.165, 1.54) is 19.3 Å². The monoisotopic (exact) mass is 211 g/mol. The first-order valence-corrected chi connectivity index (χ1v) is 5.81. The van der Waals surface area contributed by atoms with Crippen LogP contribution in [-0.4, -0.2) is 9.98 Å². The summed E-state index contributed by atoms with van der Waals surface area (Å²) in [5.41, 5.74) is 0.231. The molecule has 0 amide bonds. The highest BCUT2D eigenvalue weighted by Gasteiger charge is 2.62. The zero-order valence-corrected chi connectivity index (χ0v) is 9.30. The quantitative estimate of drug-likeness (QED) is 0.618. The van der Waals surface area contributed by atoms with Crippen LogP contribution < -0.4 is 5.32 Å². The molecule has 0 aromatic rings. The second-order valence-electron chi connectivity index (χ2n) is 4.85. The van der Waals surface area contributed by atoms with Gasteiger partial charge in [0.1, 0.15) is 0 Å². The van der Waals surface area contributed by atoms with Gasteiger partial charge in [-0.2, -0.15) is 0 Å². The van der Waals surface area contributed by atoms with Crippen molar-refractivity contribution < 1.29 is 0 Å². The molecule has 70 valence electrons. The lowest BCUT2D eigenvalue weighted by atomic mass is 9.69. The summed E-state index contributed by atoms with van der Waals surface area (Å²) in [5, 5.41) is 3.22. The number of fused-ring (bicyclic) bond motifs is 5. The van der Waals surface area contributed by atoms with E-state index in [4.69, 9.17) is 24.4 Å². The molecule has 0 unspecified atom stereocenters. The van der Waals surface area contributed by atoms with Crippen LogP contribution in [0.4, 0.5) is 0 Å². The maximum absolute atomic E-state index is 5.41. The van der Waals surface area contributed by atoms with Crippen molar-refractivity contribution in [3.05, 3.63) is 0 Å². The van der Waals surface area contributed by atoms with Crippen LogP contribution in [0, 0.1) is 23.2 Å². The van der Waals surface area contributed by atoms with Gasteiger partial charge < -0.3 is 5.32 Å². The summed E-state index contributed by atoms with van der Waals surface area (Å²) in [6.07, 6.45) is 4.10. The summed E-state index contributed by atoms with van der Waals surface area (Å²) in [5.74, 6) is 2.21. The molecule has 2 aliphatic carbocycles. The van der Waals surface area contributed by atoms with Gasteiger partial charge in [0.25, 0.3) is 0 Å². The summed E-state index contributed by atoms with van der Waals surface area (Å²) in [6.45, 7) is 2.32. The smallest absolute Gasteiger partial charge is 0.0871 e. The van der Waals surface area contributed by atoms with E-state index in [0.717, 1.165) is 21.8 Å². The Hall–Kier alpha value is -0.0200. The lowest BCUT2D eigenvalue weighted by molar-refractivity contribution is 0.250. The second kappa shape index (κ2) is 2.31. The molecule has 3 rings (SSSR count). The number of thiocarbonyl (C=S) groups is 2. The maximum Gasteiger partial charge on any atom is 0.0871 e. The molecule has 0 radical (unpaired) electrons. The molecular formula is C10H13NS2. The van der Waals surface area contributed by atoms with Crippen molar-refractivity contribution in [2.75, 3.05) is 0 Å². The minimum absolute atomic E-state index is 0.231. The number of hydrogen-bond acceptors (Lipinski definition) is 2. The summed E-state index contributed by atoms with van der Waals surface area (Å²) in [4.78, 5) is 2.05. The fourth-order valence-electron chi connectivity index (χ4n) is 3.74. The van der Waals surface area contributed by atoms with Crippen molar-refractivity contribution in [1.29, 1.82) is 0 Å². The zero-order chi connectivity index (χ0) is 9.22. The molecule has 2 bridgehead atoms. The highest BCUT2D eigenvalue weighted by atomic mass is 32.1. The second-order valence-corrected chi connectivity index (χ2v) is 5.70. The summed E-state index contributed by atoms with van der Waals surface area (Å²) in [7, 11) is 0. The molecule has 13 heavy (non-hydrogen) atoms. The maximum atomic E-state index is 5.41. The fraction of sp³-hybridized carbons (Fsp3) is 0.800. The van der Waals surface area contributed by atoms with Gasteiger partial charge in [-0.05, 0) is 31.1 Å². The molecule has 1 N–H and O–H groups in total. The minimum atomic E-state index is 0.231. The summed E-state index contributed by atoms with van der Waals surface area (Å²) < 4.78 is 0. The molecule has 1 nitrogen and oxygen atoms in total. The molecule has 1 aliphatic heterocycles. The van der Waals surface area contributed by atoms with E-state index in [1.807, 2.05) is 0 Å². The predicted molar refractivity (Wildman–Crippen MR) is 60.8 cm³/mol. The van der Waals surface area contributed by atoms with Crippen LogP contribution in [0.15, 0.2) is 0 Å². The van der Waals surface area contributed by atoms with E-state index in [0.29, 0.717) is 5.92 Å². The van der Waals surface area contributed by atoms with Gasteiger partial charge in [-0.1, -0.05) is 31.4 Å². The van der Waals surface area contributed by atoms with E-state index in [2.05, 4.69) is 12.2 Å². The number of rotatable bonds is 0. The van der Waals surface area contributed by atoms with Crippen molar-refractivity contribution in [1.82, 2.24) is 5.32 Å². The van der Waals surface area contributed by atoms with Crippen molar-refractivity contribution in [2.24, 2.45) is 23.2 Å². The first-order chi connectivity index (χ1) is 6.14. The highest BCUT2D eigenvalue weighted by Crippen LogP contribution is 2.62. The fourth-order valence-corrected chi connectivity index (χ4v) is 4.75. The van der Waals surface area contributed by atoms with Gasteiger partial charge in [0.2, 0.25) is 0 Å². The Morgan fingerprint density at radius 3 is 2.85 bits per heavy atom. The Morgan fingerprint density at radius 1 is 1.38 bits per heavy atom. The van der Waals surface area contributed by atoms with Crippen LogP contribution in [0.2, 0.25) is 0 Å². The third-order valence-electron chi connectivity index (χ3n) is 4.45. The number of nitrogens with one attached hydrogen (secondary N) is 1. The third kappa shape index (κ3) is 0.785. The lowest BCUT2D eigenvalue weighted by Gasteiger charge is -2.33. The Morgan fingerprint density at radius 2 is 2.15 bits per heavy atom. The van der Waals surface area contributed by atoms with Gasteiger partial charge >= 0.3 is 0 Å². The van der Waals surface area contributed by atoms with Gasteiger partial charge in [0, 0.05) is 11.3 Å². The molecule has 3 heteroatoms. The van der Waals surface area contributed by atoms with E-state index < -0.39 is 0 Å². The first-order valence-electron chi connectivity index (χ1n) is 4.99. The van der Waals surface area contributed by atoms with Gasteiger partial charge in [0.05, 0.1) is 9.98 Å². The van der Waals surface area contributed by atoms with Crippen molar-refractivity contribution in [3.63, 3.8) is 0 Å². The summed E-state index contributed by atoms with van der Waals surface area (Å²) >= 11 is 10.8. The van der Waals surface area contributed by atoms with E-state index >= 15 is 0 Å². The van der Waals surface area contributed by atoms with Gasteiger partial charge in [-0.25, -0.2) is 0 Å². The minimum Gasteiger partial charge on any atom is -0.344 e. The molecule has 0 spiro atoms. The Bertz CT molecular complexity index is 312. The van der Waals surface area contributed by atoms with Crippen LogP contribution in [0.5, 0.6) is 0 Å². The van der Waals surface area contributed by atoms with Crippen LogP contribution in [0.3, 0.4) is 0 Å². The van der Waals surface area contributed by atoms with Crippen LogP contribution >= 0.6 is 24.4 Å². The molecule has 1 heterocycles. The SMILES string of the molecule is C[C@@]12C(=S)NC(=S)[C@@H]1[C@H]1CC[C@@H]2C1. The summed E-state index contributed by atoms with van der Waals surface area (Å²) in [6, 6.07) is 0. The van der Waals surface area contributed by atoms with Gasteiger partial charge in [-0.3, -0.25) is 0 Å². The Balaban J connectivity index is 2.12. The van der Waals surface area contributed by atoms with Crippen LogP contribution in [-0.2, 0) is 0 Å².